The van der Waals surface area contributed by atoms with Crippen LogP contribution >= 0.6 is 0 Å². The van der Waals surface area contributed by atoms with Gasteiger partial charge in [-0.05, 0) is 27.8 Å². The van der Waals surface area contributed by atoms with Crippen LogP contribution in [0.15, 0.2) is 78.9 Å². The number of benzene rings is 3. The highest BCUT2D eigenvalue weighted by molar-refractivity contribution is 5.85. The summed E-state index contributed by atoms with van der Waals surface area (Å²) in [4.78, 5) is 41.0. The minimum atomic E-state index is -1.04. The molecule has 3 aromatic carbocycles. The number of piperazine rings is 1. The van der Waals surface area contributed by atoms with Gasteiger partial charge in [-0.25, -0.2) is 4.79 Å². The molecule has 8 nitrogen and oxygen atoms in total. The molecule has 1 atom stereocenters. The number of esters is 1. The minimum Gasteiger partial charge on any atom is -0.460 e. The van der Waals surface area contributed by atoms with E-state index in [-0.39, 0.29) is 37.6 Å². The molecule has 1 saturated heterocycles. The molecule has 196 valence electrons. The van der Waals surface area contributed by atoms with Gasteiger partial charge >= 0.3 is 12.1 Å². The second kappa shape index (κ2) is 11.5. The third-order valence-electron chi connectivity index (χ3n) is 7.15. The normalized spacial score (nSPS) is 15.4. The van der Waals surface area contributed by atoms with Crippen LogP contribution in [0.1, 0.15) is 29.0 Å². The molecular formula is C30H31N3O5. The van der Waals surface area contributed by atoms with Gasteiger partial charge in [0.15, 0.2) is 0 Å². The number of nitrogens with zero attached hydrogens (tertiary/aromatic N) is 2. The van der Waals surface area contributed by atoms with Crippen molar-refractivity contribution in [3.05, 3.63) is 95.6 Å². The lowest BCUT2D eigenvalue weighted by atomic mass is 9.98. The molecule has 0 spiro atoms. The summed E-state index contributed by atoms with van der Waals surface area (Å²) >= 11 is 0. The second-order valence-corrected chi connectivity index (χ2v) is 9.58. The van der Waals surface area contributed by atoms with Gasteiger partial charge in [-0.15, -0.1) is 0 Å². The van der Waals surface area contributed by atoms with E-state index in [4.69, 9.17) is 15.2 Å². The Balaban J connectivity index is 1.07. The Bertz CT molecular complexity index is 1260. The number of rotatable bonds is 7. The Hall–Kier alpha value is -4.17. The van der Waals surface area contributed by atoms with Crippen molar-refractivity contribution in [1.29, 1.82) is 0 Å². The van der Waals surface area contributed by atoms with Crippen LogP contribution in [0.25, 0.3) is 11.1 Å². The summed E-state index contributed by atoms with van der Waals surface area (Å²) in [5.41, 5.74) is 11.5. The predicted molar refractivity (Wildman–Crippen MR) is 142 cm³/mol. The van der Waals surface area contributed by atoms with Crippen molar-refractivity contribution in [2.75, 3.05) is 32.8 Å². The SMILES string of the molecule is NC(CC(=O)N1CCN(C(=O)OCC2c3ccccc3-c3ccccc32)CC1)C(=O)OCc1ccccc1. The third kappa shape index (κ3) is 5.55. The molecule has 1 fully saturated rings. The van der Waals surface area contributed by atoms with E-state index in [1.165, 1.54) is 11.1 Å². The number of hydrogen-bond donors (Lipinski definition) is 1. The highest BCUT2D eigenvalue weighted by Crippen LogP contribution is 2.44. The number of carbonyl (C=O) groups excluding carboxylic acids is 3. The van der Waals surface area contributed by atoms with Gasteiger partial charge < -0.3 is 25.0 Å². The number of nitrogens with two attached hydrogens (primary N) is 1. The van der Waals surface area contributed by atoms with Crippen LogP contribution in [0.4, 0.5) is 4.79 Å². The summed E-state index contributed by atoms with van der Waals surface area (Å²) in [6.07, 6.45) is -0.529. The summed E-state index contributed by atoms with van der Waals surface area (Å²) in [6.45, 7) is 1.79. The largest absolute Gasteiger partial charge is 0.460 e. The van der Waals surface area contributed by atoms with Crippen molar-refractivity contribution in [3.8, 4) is 11.1 Å². The van der Waals surface area contributed by atoms with E-state index in [1.54, 1.807) is 9.80 Å². The van der Waals surface area contributed by atoms with E-state index in [0.717, 1.165) is 16.7 Å². The quantitative estimate of drug-likeness (QED) is 0.485. The van der Waals surface area contributed by atoms with Crippen molar-refractivity contribution in [1.82, 2.24) is 9.80 Å². The second-order valence-electron chi connectivity index (χ2n) is 9.58. The zero-order chi connectivity index (χ0) is 26.5. The van der Waals surface area contributed by atoms with E-state index in [2.05, 4.69) is 24.3 Å². The Morgan fingerprint density at radius 3 is 1.95 bits per heavy atom. The van der Waals surface area contributed by atoms with Crippen LogP contribution in [0.5, 0.6) is 0 Å². The fraction of sp³-hybridized carbons (Fsp3) is 0.300. The number of carbonyl (C=O) groups is 3. The Kier molecular flexibility index (Phi) is 7.70. The van der Waals surface area contributed by atoms with E-state index < -0.39 is 12.0 Å². The van der Waals surface area contributed by atoms with Crippen LogP contribution in [-0.2, 0) is 25.7 Å². The fourth-order valence-corrected chi connectivity index (χ4v) is 5.06. The van der Waals surface area contributed by atoms with E-state index in [9.17, 15) is 14.4 Å². The zero-order valence-corrected chi connectivity index (χ0v) is 21.1. The highest BCUT2D eigenvalue weighted by Gasteiger charge is 2.31. The van der Waals surface area contributed by atoms with Crippen molar-refractivity contribution < 1.29 is 23.9 Å². The topological polar surface area (TPSA) is 102 Å². The molecule has 3 aromatic rings. The van der Waals surface area contributed by atoms with Crippen LogP contribution in [-0.4, -0.2) is 66.6 Å². The van der Waals surface area contributed by atoms with Gasteiger partial charge in [0.1, 0.15) is 19.3 Å². The monoisotopic (exact) mass is 513 g/mol. The number of hydrogen-bond acceptors (Lipinski definition) is 6. The van der Waals surface area contributed by atoms with E-state index >= 15 is 0 Å². The average molecular weight is 514 g/mol. The van der Waals surface area contributed by atoms with E-state index in [1.807, 2.05) is 54.6 Å². The summed E-state index contributed by atoms with van der Waals surface area (Å²) in [6, 6.07) is 24.7. The lowest BCUT2D eigenvalue weighted by Crippen LogP contribution is -2.52. The summed E-state index contributed by atoms with van der Waals surface area (Å²) in [5.74, 6) is -0.849. The highest BCUT2D eigenvalue weighted by atomic mass is 16.6. The number of amides is 2. The first-order valence-corrected chi connectivity index (χ1v) is 12.8. The van der Waals surface area contributed by atoms with Gasteiger partial charge in [0.05, 0.1) is 6.42 Å². The van der Waals surface area contributed by atoms with Crippen LogP contribution in [0, 0.1) is 0 Å². The number of fused-ring (bicyclic) bond motifs is 3. The first-order chi connectivity index (χ1) is 18.5. The molecule has 1 heterocycles. The molecule has 0 bridgehead atoms. The summed E-state index contributed by atoms with van der Waals surface area (Å²) in [5, 5.41) is 0. The predicted octanol–water partition coefficient (Wildman–Crippen LogP) is 3.54. The molecular weight excluding hydrogens is 482 g/mol. The molecule has 2 N–H and O–H groups in total. The molecule has 0 saturated carbocycles. The third-order valence-corrected chi connectivity index (χ3v) is 7.15. The van der Waals surface area contributed by atoms with Crippen LogP contribution in [0.2, 0.25) is 0 Å². The van der Waals surface area contributed by atoms with Crippen molar-refractivity contribution >= 4 is 18.0 Å². The molecule has 2 aliphatic rings. The van der Waals surface area contributed by atoms with Crippen molar-refractivity contribution in [2.45, 2.75) is 25.0 Å². The standard InChI is InChI=1S/C30H31N3O5/c31-27(29(35)37-19-21-8-2-1-3-9-21)18-28(34)32-14-16-33(17-15-32)30(36)38-20-26-24-12-6-4-10-22(24)23-11-5-7-13-25(23)26/h1-13,26-27H,14-20,31H2. The smallest absolute Gasteiger partial charge is 0.409 e. The van der Waals surface area contributed by atoms with Gasteiger partial charge in [0, 0.05) is 32.1 Å². The van der Waals surface area contributed by atoms with Gasteiger partial charge in [0.25, 0.3) is 0 Å². The molecule has 0 radical (unpaired) electrons. The molecule has 1 unspecified atom stereocenters. The van der Waals surface area contributed by atoms with Crippen molar-refractivity contribution in [3.63, 3.8) is 0 Å². The maximum absolute atomic E-state index is 12.8. The zero-order valence-electron chi connectivity index (χ0n) is 21.1. The maximum Gasteiger partial charge on any atom is 0.409 e. The fourth-order valence-electron chi connectivity index (χ4n) is 5.06. The minimum absolute atomic E-state index is 0.00245. The lowest BCUT2D eigenvalue weighted by Gasteiger charge is -2.34. The maximum atomic E-state index is 12.8. The van der Waals surface area contributed by atoms with Gasteiger partial charge in [0.2, 0.25) is 5.91 Å². The Morgan fingerprint density at radius 2 is 1.32 bits per heavy atom. The van der Waals surface area contributed by atoms with Gasteiger partial charge in [-0.1, -0.05) is 78.9 Å². The first kappa shape index (κ1) is 25.5. The lowest BCUT2D eigenvalue weighted by molar-refractivity contribution is -0.149. The van der Waals surface area contributed by atoms with Gasteiger partial charge in [-0.2, -0.15) is 0 Å². The molecule has 5 rings (SSSR count). The van der Waals surface area contributed by atoms with Gasteiger partial charge in [-0.3, -0.25) is 9.59 Å². The average Bonchev–Trinajstić information content (AvgIpc) is 3.28. The molecule has 0 aromatic heterocycles. The Labute approximate surface area is 221 Å². The summed E-state index contributed by atoms with van der Waals surface area (Å²) < 4.78 is 11.0. The molecule has 1 aliphatic carbocycles. The Morgan fingerprint density at radius 1 is 0.763 bits per heavy atom. The van der Waals surface area contributed by atoms with Crippen molar-refractivity contribution in [2.24, 2.45) is 5.73 Å². The molecule has 1 aliphatic heterocycles. The molecule has 2 amide bonds. The van der Waals surface area contributed by atoms with E-state index in [0.29, 0.717) is 26.2 Å². The molecule has 8 heteroatoms. The molecule has 38 heavy (non-hydrogen) atoms. The van der Waals surface area contributed by atoms with Crippen LogP contribution < -0.4 is 5.73 Å². The summed E-state index contributed by atoms with van der Waals surface area (Å²) in [7, 11) is 0. The first-order valence-electron chi connectivity index (χ1n) is 12.8. The van der Waals surface area contributed by atoms with Crippen LogP contribution in [0.3, 0.4) is 0 Å². The number of ether oxygens (including phenoxy) is 2.